The van der Waals surface area contributed by atoms with E-state index in [2.05, 4.69) is 16.0 Å². The molecule has 0 saturated carbocycles. The van der Waals surface area contributed by atoms with Crippen molar-refractivity contribution in [1.29, 1.82) is 5.26 Å². The summed E-state index contributed by atoms with van der Waals surface area (Å²) in [7, 11) is 0. The fourth-order valence-electron chi connectivity index (χ4n) is 7.02. The number of likely N-dealkylation sites (tertiary alicyclic amines) is 1. The Morgan fingerprint density at radius 2 is 1.61 bits per heavy atom. The predicted octanol–water partition coefficient (Wildman–Crippen LogP) is 4.35. The van der Waals surface area contributed by atoms with Crippen LogP contribution in [0.3, 0.4) is 0 Å². The van der Waals surface area contributed by atoms with Crippen LogP contribution in [-0.2, 0) is 36.6 Å². The van der Waals surface area contributed by atoms with Crippen LogP contribution in [0.5, 0.6) is 5.75 Å². The lowest BCUT2D eigenvalue weighted by Gasteiger charge is -2.27. The first kappa shape index (κ1) is 40.7. The van der Waals surface area contributed by atoms with Crippen LogP contribution in [-0.4, -0.2) is 97.5 Å². The average Bonchev–Trinajstić information content (AvgIpc) is 3.55. The first-order chi connectivity index (χ1) is 27.2. The number of piperidine rings is 1. The number of carbonyl (C=O) groups excluding carboxylic acids is 5. The Bertz CT molecular complexity index is 2080. The standard InChI is InChI=1S/C40H41F3N6O8/c1-39(2)23-48(38(54)34(39)57-27-11-8-25(21-44)29(20-27)40(41,42)43)22-24-6-9-26(10-7-24)45-14-16-55-18-19-56-17-15-46-30-5-3-4-28-33(30)37(53)49(36(28)52)31-12-13-32(50)47-35(31)51/h3-11,20,31,34,45-46H,12-19,22-23H2,1-2H3,(H,47,50,51). The van der Waals surface area contributed by atoms with Gasteiger partial charge in [0.15, 0.2) is 6.10 Å². The summed E-state index contributed by atoms with van der Waals surface area (Å²) in [5.41, 5.74) is 0.189. The van der Waals surface area contributed by atoms with Crippen LogP contribution in [0.25, 0.3) is 0 Å². The van der Waals surface area contributed by atoms with Crippen molar-refractivity contribution in [2.45, 2.75) is 51.6 Å². The average molecular weight is 791 g/mol. The maximum absolute atomic E-state index is 13.5. The number of hydrogen-bond acceptors (Lipinski definition) is 11. The Morgan fingerprint density at radius 3 is 2.28 bits per heavy atom. The van der Waals surface area contributed by atoms with Crippen LogP contribution in [0.4, 0.5) is 24.5 Å². The molecule has 3 N–H and O–H groups in total. The number of nitrogens with one attached hydrogen (secondary N) is 3. The molecule has 2 fully saturated rings. The minimum atomic E-state index is -4.74. The zero-order chi connectivity index (χ0) is 40.9. The van der Waals surface area contributed by atoms with Crippen molar-refractivity contribution in [3.8, 4) is 11.8 Å². The molecule has 0 aliphatic carbocycles. The number of benzene rings is 3. The minimum absolute atomic E-state index is 0.0419. The van der Waals surface area contributed by atoms with Crippen LogP contribution in [0.1, 0.15) is 64.1 Å². The lowest BCUT2D eigenvalue weighted by Crippen LogP contribution is -2.54. The van der Waals surface area contributed by atoms with E-state index in [1.807, 2.05) is 38.1 Å². The van der Waals surface area contributed by atoms with E-state index in [9.17, 15) is 37.1 Å². The number of halogens is 3. The number of anilines is 2. The number of ether oxygens (including phenoxy) is 3. The van der Waals surface area contributed by atoms with E-state index in [4.69, 9.17) is 19.5 Å². The number of hydrogen-bond donors (Lipinski definition) is 3. The molecule has 300 valence electrons. The van der Waals surface area contributed by atoms with E-state index >= 15 is 0 Å². The molecule has 3 aromatic rings. The van der Waals surface area contributed by atoms with Gasteiger partial charge >= 0.3 is 6.18 Å². The highest BCUT2D eigenvalue weighted by atomic mass is 19.4. The van der Waals surface area contributed by atoms with Crippen molar-refractivity contribution < 1.29 is 51.4 Å². The van der Waals surface area contributed by atoms with Crippen LogP contribution in [0.15, 0.2) is 60.7 Å². The van der Waals surface area contributed by atoms with E-state index < -0.39 is 58.5 Å². The Balaban J connectivity index is 0.873. The summed E-state index contributed by atoms with van der Waals surface area (Å²) in [4.78, 5) is 66.0. The molecule has 0 radical (unpaired) electrons. The molecule has 2 saturated heterocycles. The van der Waals surface area contributed by atoms with E-state index in [-0.39, 0.29) is 42.2 Å². The van der Waals surface area contributed by atoms with Gasteiger partial charge in [-0.05, 0) is 54.4 Å². The van der Waals surface area contributed by atoms with E-state index in [1.165, 1.54) is 18.2 Å². The summed E-state index contributed by atoms with van der Waals surface area (Å²) in [5, 5.41) is 17.6. The molecule has 0 aromatic heterocycles. The lowest BCUT2D eigenvalue weighted by atomic mass is 9.89. The highest BCUT2D eigenvalue weighted by molar-refractivity contribution is 6.25. The molecular weight excluding hydrogens is 749 g/mol. The third-order valence-corrected chi connectivity index (χ3v) is 9.82. The highest BCUT2D eigenvalue weighted by Gasteiger charge is 2.49. The van der Waals surface area contributed by atoms with Crippen molar-refractivity contribution in [2.24, 2.45) is 5.41 Å². The molecule has 3 aliphatic heterocycles. The van der Waals surface area contributed by atoms with Gasteiger partial charge in [-0.2, -0.15) is 18.4 Å². The normalized spacial score (nSPS) is 19.1. The van der Waals surface area contributed by atoms with Crippen molar-refractivity contribution in [2.75, 3.05) is 56.7 Å². The number of nitrogens with zero attached hydrogens (tertiary/aromatic N) is 3. The topological polar surface area (TPSA) is 179 Å². The molecule has 3 aliphatic rings. The molecule has 0 bridgehead atoms. The van der Waals surface area contributed by atoms with Gasteiger partial charge in [0.2, 0.25) is 11.8 Å². The Kier molecular flexibility index (Phi) is 12.1. The van der Waals surface area contributed by atoms with Crippen LogP contribution >= 0.6 is 0 Å². The molecule has 2 atom stereocenters. The first-order valence-electron chi connectivity index (χ1n) is 18.3. The van der Waals surface area contributed by atoms with Crippen molar-refractivity contribution >= 4 is 40.9 Å². The Labute approximate surface area is 326 Å². The SMILES string of the molecule is CC1(C)CN(Cc2ccc(NCCOCCOCCNc3cccc4c3C(=O)N(C3CCC(=O)NC3=O)C4=O)cc2)C(=O)C1Oc1ccc(C#N)c(C(F)(F)F)c1. The monoisotopic (exact) mass is 790 g/mol. The van der Waals surface area contributed by atoms with Gasteiger partial charge in [-0.25, -0.2) is 0 Å². The molecule has 3 aromatic carbocycles. The Morgan fingerprint density at radius 1 is 0.912 bits per heavy atom. The second-order valence-corrected chi connectivity index (χ2v) is 14.4. The fourth-order valence-corrected chi connectivity index (χ4v) is 7.02. The molecule has 17 heteroatoms. The molecule has 2 unspecified atom stereocenters. The molecule has 0 spiro atoms. The predicted molar refractivity (Wildman–Crippen MR) is 198 cm³/mol. The van der Waals surface area contributed by atoms with Gasteiger partial charge in [0.25, 0.3) is 17.7 Å². The molecular formula is C40H41F3N6O8. The quantitative estimate of drug-likeness (QED) is 0.139. The maximum atomic E-state index is 13.5. The zero-order valence-corrected chi connectivity index (χ0v) is 31.2. The highest BCUT2D eigenvalue weighted by Crippen LogP contribution is 2.38. The van der Waals surface area contributed by atoms with Crippen molar-refractivity contribution in [3.63, 3.8) is 0 Å². The summed E-state index contributed by atoms with van der Waals surface area (Å²) in [5.74, 6) is -2.74. The first-order valence-corrected chi connectivity index (χ1v) is 18.3. The second kappa shape index (κ2) is 17.0. The van der Waals surface area contributed by atoms with Gasteiger partial charge in [0, 0.05) is 49.4 Å². The second-order valence-electron chi connectivity index (χ2n) is 14.4. The van der Waals surface area contributed by atoms with E-state index in [1.54, 1.807) is 17.0 Å². The summed E-state index contributed by atoms with van der Waals surface area (Å²) in [6, 6.07) is 15.9. The Hall–Kier alpha value is -5.99. The summed E-state index contributed by atoms with van der Waals surface area (Å²) >= 11 is 0. The van der Waals surface area contributed by atoms with E-state index in [0.717, 1.165) is 28.3 Å². The molecule has 6 rings (SSSR count). The van der Waals surface area contributed by atoms with Gasteiger partial charge in [0.05, 0.1) is 54.8 Å². The van der Waals surface area contributed by atoms with Gasteiger partial charge in [0.1, 0.15) is 11.8 Å². The number of fused-ring (bicyclic) bond motifs is 1. The summed E-state index contributed by atoms with van der Waals surface area (Å²) < 4.78 is 57.5. The third-order valence-electron chi connectivity index (χ3n) is 9.82. The summed E-state index contributed by atoms with van der Waals surface area (Å²) in [6.45, 7) is 6.48. The van der Waals surface area contributed by atoms with Crippen LogP contribution in [0.2, 0.25) is 0 Å². The minimum Gasteiger partial charge on any atom is -0.480 e. The van der Waals surface area contributed by atoms with Crippen LogP contribution < -0.4 is 20.7 Å². The molecule has 14 nitrogen and oxygen atoms in total. The number of rotatable bonds is 16. The summed E-state index contributed by atoms with van der Waals surface area (Å²) in [6.07, 6.45) is -5.63. The number of amides is 5. The van der Waals surface area contributed by atoms with Gasteiger partial charge in [-0.15, -0.1) is 0 Å². The number of carbonyl (C=O) groups is 5. The third kappa shape index (κ3) is 9.19. The number of alkyl halides is 3. The zero-order valence-electron chi connectivity index (χ0n) is 31.2. The molecule has 57 heavy (non-hydrogen) atoms. The molecule has 3 heterocycles. The number of imide groups is 2. The maximum Gasteiger partial charge on any atom is 0.417 e. The van der Waals surface area contributed by atoms with Crippen molar-refractivity contribution in [1.82, 2.24) is 15.1 Å². The van der Waals surface area contributed by atoms with E-state index in [0.29, 0.717) is 51.7 Å². The van der Waals surface area contributed by atoms with Gasteiger partial charge in [-0.1, -0.05) is 32.0 Å². The van der Waals surface area contributed by atoms with Crippen LogP contribution in [0, 0.1) is 16.7 Å². The van der Waals surface area contributed by atoms with Gasteiger partial charge < -0.3 is 29.7 Å². The largest absolute Gasteiger partial charge is 0.480 e. The molecule has 5 amide bonds. The van der Waals surface area contributed by atoms with Gasteiger partial charge in [-0.3, -0.25) is 34.2 Å². The van der Waals surface area contributed by atoms with Crippen molar-refractivity contribution in [3.05, 3.63) is 88.5 Å². The lowest BCUT2D eigenvalue weighted by molar-refractivity contribution is -0.138. The number of nitriles is 1. The smallest absolute Gasteiger partial charge is 0.417 e. The fraction of sp³-hybridized carbons (Fsp3) is 0.400.